The number of piperidine rings is 1. The number of carbonyl (C=O) groups is 1. The smallest absolute Gasteiger partial charge is 0.229 e. The molecule has 0 unspecified atom stereocenters. The van der Waals surface area contributed by atoms with Crippen molar-refractivity contribution in [2.75, 3.05) is 18.4 Å². The van der Waals surface area contributed by atoms with Gasteiger partial charge >= 0.3 is 0 Å². The first-order valence-corrected chi connectivity index (χ1v) is 9.32. The van der Waals surface area contributed by atoms with Gasteiger partial charge in [0.25, 0.3) is 0 Å². The maximum absolute atomic E-state index is 12.4. The number of pyridine rings is 1. The summed E-state index contributed by atoms with van der Waals surface area (Å²) in [6, 6.07) is 1.86. The molecule has 4 rings (SSSR count). The lowest BCUT2D eigenvalue weighted by Crippen LogP contribution is -2.37. The second-order valence-electron chi connectivity index (χ2n) is 6.77. The molecule has 1 atom stereocenters. The molecule has 0 aromatic carbocycles. The van der Waals surface area contributed by atoms with E-state index in [0.717, 1.165) is 56.4 Å². The molecule has 0 radical (unpaired) electrons. The summed E-state index contributed by atoms with van der Waals surface area (Å²) in [5.74, 6) is 0.564. The number of rotatable bonds is 3. The average Bonchev–Trinajstić information content (AvgIpc) is 3.08. The summed E-state index contributed by atoms with van der Waals surface area (Å²) in [5, 5.41) is 11.3. The van der Waals surface area contributed by atoms with Crippen LogP contribution in [-0.2, 0) is 17.8 Å². The third kappa shape index (κ3) is 3.41. The molecule has 6 nitrogen and oxygen atoms in total. The number of hydrogen-bond acceptors (Lipinski definition) is 4. The second kappa shape index (κ2) is 7.14. The lowest BCUT2D eigenvalue weighted by Gasteiger charge is -2.21. The Bertz CT molecular complexity index is 782. The largest absolute Gasteiger partial charge is 0.316 e. The van der Waals surface area contributed by atoms with Crippen LogP contribution in [-0.4, -0.2) is 33.8 Å². The minimum Gasteiger partial charge on any atom is -0.316 e. The molecule has 0 saturated carbocycles. The highest BCUT2D eigenvalue weighted by molar-refractivity contribution is 6.33. The molecule has 0 spiro atoms. The van der Waals surface area contributed by atoms with Crippen LogP contribution in [0.4, 0.5) is 5.82 Å². The maximum Gasteiger partial charge on any atom is 0.229 e. The molecule has 0 aliphatic carbocycles. The molecule has 25 heavy (non-hydrogen) atoms. The van der Waals surface area contributed by atoms with Gasteiger partial charge in [0.2, 0.25) is 5.91 Å². The lowest BCUT2D eigenvalue weighted by atomic mass is 9.99. The third-order valence-corrected chi connectivity index (χ3v) is 5.35. The SMILES string of the molecule is O=C(Nc1cc(-c2cnn3c2CCCC3)c(Cl)cn1)[C@@H]1CCCNC1. The number of aromatic nitrogens is 3. The molecule has 2 aliphatic rings. The number of nitrogens with one attached hydrogen (secondary N) is 2. The highest BCUT2D eigenvalue weighted by atomic mass is 35.5. The van der Waals surface area contributed by atoms with Gasteiger partial charge in [-0.2, -0.15) is 5.10 Å². The number of halogens is 1. The van der Waals surface area contributed by atoms with Crippen LogP contribution >= 0.6 is 11.6 Å². The molecule has 4 heterocycles. The molecule has 0 bridgehead atoms. The standard InChI is InChI=1S/C18H22ClN5O/c19-15-11-21-17(23-18(25)12-4-3-6-20-9-12)8-13(15)14-10-22-24-7-2-1-5-16(14)24/h8,10-12,20H,1-7,9H2,(H,21,23,25)/t12-/m1/s1. The summed E-state index contributed by atoms with van der Waals surface area (Å²) in [6.07, 6.45) is 8.76. The predicted octanol–water partition coefficient (Wildman–Crippen LogP) is 2.87. The zero-order chi connectivity index (χ0) is 17.2. The van der Waals surface area contributed by atoms with Gasteiger partial charge in [-0.3, -0.25) is 9.48 Å². The lowest BCUT2D eigenvalue weighted by molar-refractivity contribution is -0.120. The Balaban J connectivity index is 1.58. The molecular formula is C18H22ClN5O. The van der Waals surface area contributed by atoms with Crippen LogP contribution < -0.4 is 10.6 Å². The van der Waals surface area contributed by atoms with Gasteiger partial charge in [0.15, 0.2) is 0 Å². The van der Waals surface area contributed by atoms with Gasteiger partial charge in [0.1, 0.15) is 5.82 Å². The minimum atomic E-state index is -0.00131. The van der Waals surface area contributed by atoms with Crippen LogP contribution in [0, 0.1) is 5.92 Å². The molecule has 1 saturated heterocycles. The van der Waals surface area contributed by atoms with Gasteiger partial charge < -0.3 is 10.6 Å². The molecule has 132 valence electrons. The van der Waals surface area contributed by atoms with E-state index in [0.29, 0.717) is 10.8 Å². The number of amides is 1. The molecule has 2 aliphatic heterocycles. The maximum atomic E-state index is 12.4. The van der Waals surface area contributed by atoms with Gasteiger partial charge in [-0.15, -0.1) is 0 Å². The fraction of sp³-hybridized carbons (Fsp3) is 0.500. The van der Waals surface area contributed by atoms with E-state index in [2.05, 4.69) is 25.4 Å². The Morgan fingerprint density at radius 1 is 1.28 bits per heavy atom. The van der Waals surface area contributed by atoms with Crippen molar-refractivity contribution in [3.63, 3.8) is 0 Å². The van der Waals surface area contributed by atoms with Gasteiger partial charge in [0.05, 0.1) is 17.1 Å². The van der Waals surface area contributed by atoms with Crippen LogP contribution in [0.25, 0.3) is 11.1 Å². The van der Waals surface area contributed by atoms with E-state index < -0.39 is 0 Å². The third-order valence-electron chi connectivity index (χ3n) is 5.05. The summed E-state index contributed by atoms with van der Waals surface area (Å²) in [7, 11) is 0. The monoisotopic (exact) mass is 359 g/mol. The van der Waals surface area contributed by atoms with Crippen molar-refractivity contribution in [3.05, 3.63) is 29.2 Å². The van der Waals surface area contributed by atoms with E-state index in [9.17, 15) is 4.79 Å². The van der Waals surface area contributed by atoms with Crippen molar-refractivity contribution in [1.82, 2.24) is 20.1 Å². The van der Waals surface area contributed by atoms with Crippen molar-refractivity contribution < 1.29 is 4.79 Å². The van der Waals surface area contributed by atoms with Crippen molar-refractivity contribution in [3.8, 4) is 11.1 Å². The van der Waals surface area contributed by atoms with E-state index in [-0.39, 0.29) is 11.8 Å². The quantitative estimate of drug-likeness (QED) is 0.883. The Morgan fingerprint density at radius 2 is 2.20 bits per heavy atom. The Labute approximate surface area is 152 Å². The first kappa shape index (κ1) is 16.5. The Kier molecular flexibility index (Phi) is 4.72. The van der Waals surface area contributed by atoms with Crippen LogP contribution in [0.1, 0.15) is 31.4 Å². The summed E-state index contributed by atoms with van der Waals surface area (Å²) in [4.78, 5) is 16.7. The Hall–Kier alpha value is -1.92. The van der Waals surface area contributed by atoms with E-state index in [1.807, 2.05) is 12.3 Å². The number of nitrogens with zero attached hydrogens (tertiary/aromatic N) is 3. The van der Waals surface area contributed by atoms with Crippen molar-refractivity contribution in [2.45, 2.75) is 38.6 Å². The number of carbonyl (C=O) groups excluding carboxylic acids is 1. The van der Waals surface area contributed by atoms with Crippen molar-refractivity contribution >= 4 is 23.3 Å². The number of anilines is 1. The molecule has 7 heteroatoms. The van der Waals surface area contributed by atoms with E-state index in [1.165, 1.54) is 12.1 Å². The van der Waals surface area contributed by atoms with Crippen molar-refractivity contribution in [1.29, 1.82) is 0 Å². The van der Waals surface area contributed by atoms with Crippen molar-refractivity contribution in [2.24, 2.45) is 5.92 Å². The number of fused-ring (bicyclic) bond motifs is 1. The van der Waals surface area contributed by atoms with Gasteiger partial charge in [0, 0.05) is 36.1 Å². The fourth-order valence-corrected chi connectivity index (χ4v) is 3.87. The first-order chi connectivity index (χ1) is 12.2. The first-order valence-electron chi connectivity index (χ1n) is 8.94. The summed E-state index contributed by atoms with van der Waals surface area (Å²) in [5.41, 5.74) is 3.15. The molecule has 2 aromatic rings. The minimum absolute atomic E-state index is 0.00131. The number of aryl methyl sites for hydroxylation is 1. The van der Waals surface area contributed by atoms with Gasteiger partial charge in [-0.1, -0.05) is 11.6 Å². The van der Waals surface area contributed by atoms with Gasteiger partial charge in [-0.25, -0.2) is 4.98 Å². The van der Waals surface area contributed by atoms with Crippen LogP contribution in [0.15, 0.2) is 18.5 Å². The molecule has 2 aromatic heterocycles. The fourth-order valence-electron chi connectivity index (χ4n) is 3.66. The van der Waals surface area contributed by atoms with E-state index in [1.54, 1.807) is 6.20 Å². The predicted molar refractivity (Wildman–Crippen MR) is 97.6 cm³/mol. The van der Waals surface area contributed by atoms with Gasteiger partial charge in [-0.05, 0) is 44.7 Å². The highest BCUT2D eigenvalue weighted by Crippen LogP contribution is 2.33. The summed E-state index contributed by atoms with van der Waals surface area (Å²) in [6.45, 7) is 2.67. The summed E-state index contributed by atoms with van der Waals surface area (Å²) < 4.78 is 2.06. The molecular weight excluding hydrogens is 338 g/mol. The topological polar surface area (TPSA) is 71.8 Å². The molecule has 1 fully saturated rings. The van der Waals surface area contributed by atoms with E-state index in [4.69, 9.17) is 11.6 Å². The van der Waals surface area contributed by atoms with Crippen LogP contribution in [0.5, 0.6) is 0 Å². The van der Waals surface area contributed by atoms with Crippen LogP contribution in [0.3, 0.4) is 0 Å². The second-order valence-corrected chi connectivity index (χ2v) is 7.17. The van der Waals surface area contributed by atoms with E-state index >= 15 is 0 Å². The van der Waals surface area contributed by atoms with Crippen LogP contribution in [0.2, 0.25) is 5.02 Å². The molecule has 1 amide bonds. The average molecular weight is 360 g/mol. The number of hydrogen-bond donors (Lipinski definition) is 2. The zero-order valence-corrected chi connectivity index (χ0v) is 14.9. The molecule has 2 N–H and O–H groups in total. The highest BCUT2D eigenvalue weighted by Gasteiger charge is 2.22. The normalized spacial score (nSPS) is 20.1. The summed E-state index contributed by atoms with van der Waals surface area (Å²) >= 11 is 6.39. The zero-order valence-electron chi connectivity index (χ0n) is 14.1. The Morgan fingerprint density at radius 3 is 3.04 bits per heavy atom.